The summed E-state index contributed by atoms with van der Waals surface area (Å²) >= 11 is 0. The molecular weight excluding hydrogens is 362 g/mol. The number of rotatable bonds is 6. The molecule has 6 heteroatoms. The molecule has 146 valence electrons. The summed E-state index contributed by atoms with van der Waals surface area (Å²) in [5.41, 5.74) is 4.22. The fraction of sp³-hybridized carbons (Fsp3) is 0.261. The zero-order chi connectivity index (χ0) is 19.5. The summed E-state index contributed by atoms with van der Waals surface area (Å²) in [6, 6.07) is 16.4. The summed E-state index contributed by atoms with van der Waals surface area (Å²) < 4.78 is 8.14. The van der Waals surface area contributed by atoms with E-state index in [4.69, 9.17) is 9.72 Å². The zero-order valence-electron chi connectivity index (χ0n) is 16.2. The Balaban J connectivity index is 1.43. The molecule has 0 radical (unpaired) electrons. The van der Waals surface area contributed by atoms with E-state index in [2.05, 4.69) is 31.4 Å². The maximum absolute atomic E-state index is 6.02. The van der Waals surface area contributed by atoms with Crippen LogP contribution in [0.5, 0.6) is 5.75 Å². The Bertz CT molecular complexity index is 1080. The van der Waals surface area contributed by atoms with Crippen molar-refractivity contribution in [3.63, 3.8) is 0 Å². The quantitative estimate of drug-likeness (QED) is 0.501. The number of hydrogen-bond acceptors (Lipinski definition) is 5. The lowest BCUT2D eigenvalue weighted by atomic mass is 10.1. The molecule has 0 saturated carbocycles. The molecule has 0 bridgehead atoms. The first kappa shape index (κ1) is 17.8. The second-order valence-electron chi connectivity index (χ2n) is 7.29. The number of ether oxygens (including phenoxy) is 1. The van der Waals surface area contributed by atoms with Crippen LogP contribution in [0.25, 0.3) is 5.65 Å². The highest BCUT2D eigenvalue weighted by Gasteiger charge is 2.28. The SMILES string of the molecule is c1ccc(C2CCCN2Cc2nc3ccccn3c2COc2cccnc2)nc1. The summed E-state index contributed by atoms with van der Waals surface area (Å²) in [7, 11) is 0. The van der Waals surface area contributed by atoms with Crippen LogP contribution < -0.4 is 4.74 Å². The molecule has 4 aromatic rings. The van der Waals surface area contributed by atoms with Crippen LogP contribution in [0.1, 0.15) is 36.0 Å². The molecule has 1 aliphatic rings. The van der Waals surface area contributed by atoms with E-state index in [-0.39, 0.29) is 0 Å². The summed E-state index contributed by atoms with van der Waals surface area (Å²) in [5, 5.41) is 0. The topological polar surface area (TPSA) is 55.6 Å². The second-order valence-corrected chi connectivity index (χ2v) is 7.29. The molecule has 1 fully saturated rings. The van der Waals surface area contributed by atoms with Crippen molar-refractivity contribution >= 4 is 5.65 Å². The highest BCUT2D eigenvalue weighted by Crippen LogP contribution is 2.32. The van der Waals surface area contributed by atoms with Crippen molar-refractivity contribution in [1.29, 1.82) is 0 Å². The number of aromatic nitrogens is 4. The first-order valence-corrected chi connectivity index (χ1v) is 10.0. The van der Waals surface area contributed by atoms with Crippen LogP contribution in [0.3, 0.4) is 0 Å². The van der Waals surface area contributed by atoms with Gasteiger partial charge in [-0.1, -0.05) is 12.1 Å². The molecule has 1 unspecified atom stereocenters. The number of imidazole rings is 1. The van der Waals surface area contributed by atoms with Gasteiger partial charge in [0.15, 0.2) is 0 Å². The van der Waals surface area contributed by atoms with Crippen molar-refractivity contribution in [2.24, 2.45) is 0 Å². The smallest absolute Gasteiger partial charge is 0.138 e. The van der Waals surface area contributed by atoms with E-state index in [1.165, 1.54) is 6.42 Å². The molecular formula is C23H23N5O. The Morgan fingerprint density at radius 2 is 2.00 bits per heavy atom. The van der Waals surface area contributed by atoms with Crippen LogP contribution in [0.15, 0.2) is 73.3 Å². The standard InChI is InChI=1S/C23H23N5O/c1-3-12-25-19(8-1)21-9-6-13-27(21)16-20-22(17-29-18-7-5-11-24-15-18)28-14-4-2-10-23(28)26-20/h1-5,7-8,10-12,14-15,21H,6,9,13,16-17H2. The van der Waals surface area contributed by atoms with Crippen LogP contribution in [0, 0.1) is 0 Å². The van der Waals surface area contributed by atoms with E-state index in [9.17, 15) is 0 Å². The van der Waals surface area contributed by atoms with Gasteiger partial charge in [-0.15, -0.1) is 0 Å². The van der Waals surface area contributed by atoms with Gasteiger partial charge in [0.05, 0.1) is 29.3 Å². The number of pyridine rings is 3. The van der Waals surface area contributed by atoms with Crippen LogP contribution in [-0.2, 0) is 13.2 Å². The van der Waals surface area contributed by atoms with Gasteiger partial charge in [-0.05, 0) is 55.8 Å². The number of likely N-dealkylation sites (tertiary alicyclic amines) is 1. The summed E-state index contributed by atoms with van der Waals surface area (Å²) in [6.45, 7) is 2.29. The summed E-state index contributed by atoms with van der Waals surface area (Å²) in [6.07, 6.45) is 9.72. The Morgan fingerprint density at radius 3 is 2.86 bits per heavy atom. The van der Waals surface area contributed by atoms with E-state index in [0.29, 0.717) is 12.6 Å². The lowest BCUT2D eigenvalue weighted by molar-refractivity contribution is 0.237. The molecule has 1 atom stereocenters. The third-order valence-electron chi connectivity index (χ3n) is 5.47. The minimum Gasteiger partial charge on any atom is -0.486 e. The van der Waals surface area contributed by atoms with E-state index in [1.54, 1.807) is 12.4 Å². The molecule has 29 heavy (non-hydrogen) atoms. The van der Waals surface area contributed by atoms with E-state index in [0.717, 1.165) is 48.0 Å². The Kier molecular flexibility index (Phi) is 4.92. The first-order valence-electron chi connectivity index (χ1n) is 10.0. The first-order chi connectivity index (χ1) is 14.4. The van der Waals surface area contributed by atoms with Gasteiger partial charge >= 0.3 is 0 Å². The monoisotopic (exact) mass is 385 g/mol. The molecule has 0 N–H and O–H groups in total. The lowest BCUT2D eigenvalue weighted by Gasteiger charge is -2.23. The van der Waals surface area contributed by atoms with E-state index < -0.39 is 0 Å². The maximum Gasteiger partial charge on any atom is 0.138 e. The van der Waals surface area contributed by atoms with E-state index >= 15 is 0 Å². The van der Waals surface area contributed by atoms with Crippen LogP contribution >= 0.6 is 0 Å². The normalized spacial score (nSPS) is 17.0. The van der Waals surface area contributed by atoms with E-state index in [1.807, 2.05) is 48.8 Å². The van der Waals surface area contributed by atoms with Gasteiger partial charge in [0.1, 0.15) is 18.0 Å². The number of nitrogens with zero attached hydrogens (tertiary/aromatic N) is 5. The lowest BCUT2D eigenvalue weighted by Crippen LogP contribution is -2.24. The Hall–Kier alpha value is -3.25. The predicted molar refractivity (Wildman–Crippen MR) is 110 cm³/mol. The van der Waals surface area contributed by atoms with Crippen molar-refractivity contribution in [2.75, 3.05) is 6.54 Å². The minimum absolute atomic E-state index is 0.341. The largest absolute Gasteiger partial charge is 0.486 e. The second kappa shape index (κ2) is 8.01. The van der Waals surface area contributed by atoms with Gasteiger partial charge in [-0.25, -0.2) is 4.98 Å². The van der Waals surface area contributed by atoms with Crippen LogP contribution in [0.4, 0.5) is 0 Å². The van der Waals surface area contributed by atoms with Gasteiger partial charge in [-0.2, -0.15) is 0 Å². The van der Waals surface area contributed by atoms with Gasteiger partial charge < -0.3 is 9.14 Å². The Morgan fingerprint density at radius 1 is 1.03 bits per heavy atom. The molecule has 6 nitrogen and oxygen atoms in total. The average molecular weight is 385 g/mol. The van der Waals surface area contributed by atoms with Gasteiger partial charge in [0.25, 0.3) is 0 Å². The molecule has 1 saturated heterocycles. The van der Waals surface area contributed by atoms with Crippen molar-refractivity contribution in [3.8, 4) is 5.75 Å². The van der Waals surface area contributed by atoms with Crippen molar-refractivity contribution in [2.45, 2.75) is 32.0 Å². The molecule has 5 rings (SSSR count). The van der Waals surface area contributed by atoms with Crippen LogP contribution in [0.2, 0.25) is 0 Å². The highest BCUT2D eigenvalue weighted by atomic mass is 16.5. The van der Waals surface area contributed by atoms with Gasteiger partial charge in [0, 0.05) is 25.1 Å². The number of hydrogen-bond donors (Lipinski definition) is 0. The molecule has 4 aromatic heterocycles. The number of fused-ring (bicyclic) bond motifs is 1. The summed E-state index contributed by atoms with van der Waals surface area (Å²) in [4.78, 5) is 16.1. The fourth-order valence-electron chi connectivity index (χ4n) is 4.07. The van der Waals surface area contributed by atoms with Crippen molar-refractivity contribution in [3.05, 3.63) is 90.4 Å². The van der Waals surface area contributed by atoms with Gasteiger partial charge in [-0.3, -0.25) is 14.9 Å². The molecule has 1 aliphatic heterocycles. The van der Waals surface area contributed by atoms with Gasteiger partial charge in [0.2, 0.25) is 0 Å². The predicted octanol–water partition coefficient (Wildman–Crippen LogP) is 4.04. The minimum atomic E-state index is 0.341. The molecule has 0 aromatic carbocycles. The third-order valence-corrected chi connectivity index (χ3v) is 5.47. The highest BCUT2D eigenvalue weighted by molar-refractivity contribution is 5.43. The average Bonchev–Trinajstić information content (AvgIpc) is 3.38. The zero-order valence-corrected chi connectivity index (χ0v) is 16.2. The fourth-order valence-corrected chi connectivity index (χ4v) is 4.07. The third kappa shape index (κ3) is 3.71. The Labute approximate surface area is 169 Å². The maximum atomic E-state index is 6.02. The molecule has 0 amide bonds. The van der Waals surface area contributed by atoms with Crippen molar-refractivity contribution in [1.82, 2.24) is 24.3 Å². The van der Waals surface area contributed by atoms with Crippen LogP contribution in [-0.4, -0.2) is 30.8 Å². The molecule has 0 spiro atoms. The molecule has 5 heterocycles. The summed E-state index contributed by atoms with van der Waals surface area (Å²) in [5.74, 6) is 0.761. The molecule has 0 aliphatic carbocycles. The van der Waals surface area contributed by atoms with Crippen molar-refractivity contribution < 1.29 is 4.74 Å².